The van der Waals surface area contributed by atoms with Crippen molar-refractivity contribution in [3.8, 4) is 0 Å². The van der Waals surface area contributed by atoms with Gasteiger partial charge in [-0.2, -0.15) is 0 Å². The monoisotopic (exact) mass is 231 g/mol. The first-order chi connectivity index (χ1) is 6.24. The Hall–Kier alpha value is -0.830. The van der Waals surface area contributed by atoms with Crippen LogP contribution in [0.4, 0.5) is 0 Å². The van der Waals surface area contributed by atoms with Gasteiger partial charge in [0.1, 0.15) is 0 Å². The summed E-state index contributed by atoms with van der Waals surface area (Å²) in [6, 6.07) is 0. The quantitative estimate of drug-likeness (QED) is 0.369. The van der Waals surface area contributed by atoms with E-state index in [2.05, 4.69) is 26.3 Å². The summed E-state index contributed by atoms with van der Waals surface area (Å²) in [5, 5.41) is 0. The Bertz CT molecular complexity index is 156. The first kappa shape index (κ1) is 19.7. The minimum Gasteiger partial charge on any atom is -1.00 e. The number of hydrogen-bond acceptors (Lipinski definition) is 0. The summed E-state index contributed by atoms with van der Waals surface area (Å²) in [7, 11) is 0. The number of rotatable bonds is 8. The highest BCUT2D eigenvalue weighted by molar-refractivity contribution is 4.79. The molecule has 3 heteroatoms. The van der Waals surface area contributed by atoms with E-state index in [-0.39, 0.29) is 17.9 Å². The van der Waals surface area contributed by atoms with Gasteiger partial charge in [-0.15, -0.1) is 0 Å². The van der Waals surface area contributed by atoms with Crippen LogP contribution in [0, 0.1) is 0 Å². The van der Waals surface area contributed by atoms with Gasteiger partial charge in [-0.3, -0.25) is 0 Å². The molecule has 88 valence electrons. The largest absolute Gasteiger partial charge is 1.00 e. The zero-order valence-corrected chi connectivity index (χ0v) is 10.0. The molecule has 0 aliphatic rings. The Morgan fingerprint density at radius 3 is 1.00 bits per heavy atom. The zero-order valence-electron chi connectivity index (χ0n) is 9.29. The SMILES string of the molecule is C=CC[N+](CC=C)(CC=C)CC=C.O.[Cl-]. The Labute approximate surface area is 99.6 Å². The number of quaternary nitrogens is 1. The predicted octanol–water partition coefficient (Wildman–Crippen LogP) is -1.27. The maximum absolute atomic E-state index is 3.77. The molecule has 0 aliphatic heterocycles. The van der Waals surface area contributed by atoms with E-state index in [1.807, 2.05) is 24.3 Å². The molecule has 0 unspecified atom stereocenters. The Kier molecular flexibility index (Phi) is 14.8. The zero-order chi connectivity index (χ0) is 10.2. The highest BCUT2D eigenvalue weighted by Gasteiger charge is 2.20. The fourth-order valence-electron chi connectivity index (χ4n) is 1.54. The predicted molar refractivity (Wildman–Crippen MR) is 64.1 cm³/mol. The minimum atomic E-state index is 0. The van der Waals surface area contributed by atoms with E-state index in [1.54, 1.807) is 0 Å². The van der Waals surface area contributed by atoms with Gasteiger partial charge < -0.3 is 22.4 Å². The number of hydrogen-bond donors (Lipinski definition) is 0. The van der Waals surface area contributed by atoms with Crippen LogP contribution >= 0.6 is 0 Å². The van der Waals surface area contributed by atoms with Crippen LogP contribution in [-0.2, 0) is 0 Å². The van der Waals surface area contributed by atoms with Gasteiger partial charge in [0.2, 0.25) is 0 Å². The average Bonchev–Trinajstić information content (AvgIpc) is 2.06. The third-order valence-electron chi connectivity index (χ3n) is 2.07. The van der Waals surface area contributed by atoms with Gasteiger partial charge in [-0.05, 0) is 24.3 Å². The summed E-state index contributed by atoms with van der Waals surface area (Å²) in [5.74, 6) is 0. The van der Waals surface area contributed by atoms with Gasteiger partial charge >= 0.3 is 0 Å². The van der Waals surface area contributed by atoms with Crippen molar-refractivity contribution in [1.29, 1.82) is 0 Å². The van der Waals surface area contributed by atoms with Crippen molar-refractivity contribution >= 4 is 0 Å². The molecule has 0 aromatic rings. The summed E-state index contributed by atoms with van der Waals surface area (Å²) in [6.07, 6.45) is 7.76. The summed E-state index contributed by atoms with van der Waals surface area (Å²) in [5.41, 5.74) is 0. The van der Waals surface area contributed by atoms with Crippen molar-refractivity contribution in [3.05, 3.63) is 50.6 Å². The molecule has 0 fully saturated rings. The Morgan fingerprint density at radius 1 is 0.667 bits per heavy atom. The van der Waals surface area contributed by atoms with Gasteiger partial charge in [0.15, 0.2) is 0 Å². The van der Waals surface area contributed by atoms with Crippen LogP contribution in [0.15, 0.2) is 50.6 Å². The van der Waals surface area contributed by atoms with E-state index in [0.717, 1.165) is 30.7 Å². The molecule has 0 heterocycles. The highest BCUT2D eigenvalue weighted by Crippen LogP contribution is 2.07. The summed E-state index contributed by atoms with van der Waals surface area (Å²) in [4.78, 5) is 0. The minimum absolute atomic E-state index is 0. The van der Waals surface area contributed by atoms with Gasteiger partial charge in [0, 0.05) is 0 Å². The first-order valence-corrected chi connectivity index (χ1v) is 4.53. The van der Waals surface area contributed by atoms with Gasteiger partial charge in [-0.1, -0.05) is 26.3 Å². The molecule has 0 aromatic carbocycles. The molecule has 0 aromatic heterocycles. The topological polar surface area (TPSA) is 31.5 Å². The van der Waals surface area contributed by atoms with Crippen molar-refractivity contribution in [2.75, 3.05) is 26.2 Å². The molecule has 0 bridgehead atoms. The van der Waals surface area contributed by atoms with Crippen LogP contribution in [0.2, 0.25) is 0 Å². The van der Waals surface area contributed by atoms with Crippen molar-refractivity contribution in [1.82, 2.24) is 0 Å². The van der Waals surface area contributed by atoms with Crippen LogP contribution in [0.5, 0.6) is 0 Å². The lowest BCUT2D eigenvalue weighted by Gasteiger charge is -2.35. The second-order valence-electron chi connectivity index (χ2n) is 3.23. The highest BCUT2D eigenvalue weighted by atomic mass is 35.5. The third-order valence-corrected chi connectivity index (χ3v) is 2.07. The van der Waals surface area contributed by atoms with Crippen molar-refractivity contribution in [2.24, 2.45) is 0 Å². The molecule has 0 radical (unpaired) electrons. The fourth-order valence-corrected chi connectivity index (χ4v) is 1.54. The maximum Gasteiger partial charge on any atom is 0.0978 e. The number of nitrogens with zero attached hydrogens (tertiary/aromatic N) is 1. The first-order valence-electron chi connectivity index (χ1n) is 4.53. The van der Waals surface area contributed by atoms with E-state index in [0.29, 0.717) is 0 Å². The normalized spacial score (nSPS) is 9.07. The summed E-state index contributed by atoms with van der Waals surface area (Å²) in [6.45, 7) is 18.8. The molecule has 2 nitrogen and oxygen atoms in total. The van der Waals surface area contributed by atoms with E-state index in [1.165, 1.54) is 0 Å². The second-order valence-corrected chi connectivity index (χ2v) is 3.23. The van der Waals surface area contributed by atoms with Crippen LogP contribution in [-0.4, -0.2) is 36.1 Å². The molecular formula is C12H22ClNO. The lowest BCUT2D eigenvalue weighted by molar-refractivity contribution is -0.906. The van der Waals surface area contributed by atoms with Gasteiger partial charge in [0.25, 0.3) is 0 Å². The molecule has 0 atom stereocenters. The fraction of sp³-hybridized carbons (Fsp3) is 0.333. The smallest absolute Gasteiger partial charge is 0.0978 e. The molecule has 0 spiro atoms. The molecule has 0 aliphatic carbocycles. The lowest BCUT2D eigenvalue weighted by Crippen LogP contribution is -3.00. The molecular weight excluding hydrogens is 210 g/mol. The van der Waals surface area contributed by atoms with Gasteiger partial charge in [-0.25, -0.2) is 0 Å². The average molecular weight is 232 g/mol. The van der Waals surface area contributed by atoms with Crippen LogP contribution < -0.4 is 12.4 Å². The molecule has 2 N–H and O–H groups in total. The molecule has 0 saturated carbocycles. The van der Waals surface area contributed by atoms with Crippen LogP contribution in [0.3, 0.4) is 0 Å². The van der Waals surface area contributed by atoms with Crippen molar-refractivity contribution in [3.63, 3.8) is 0 Å². The molecule has 0 saturated heterocycles. The lowest BCUT2D eigenvalue weighted by atomic mass is 10.3. The number of halogens is 1. The van der Waals surface area contributed by atoms with Crippen molar-refractivity contribution in [2.45, 2.75) is 0 Å². The van der Waals surface area contributed by atoms with Gasteiger partial charge in [0.05, 0.1) is 26.2 Å². The standard InChI is InChI=1S/C12H20N.ClH.H2O/c1-5-9-13(10-6-2,11-7-3)12-8-4;;/h5-8H,1-4,9-12H2;1H;1H2/q+1;;/p-1. The van der Waals surface area contributed by atoms with Crippen molar-refractivity contribution < 1.29 is 22.4 Å². The summed E-state index contributed by atoms with van der Waals surface area (Å²) >= 11 is 0. The Morgan fingerprint density at radius 2 is 0.867 bits per heavy atom. The Balaban J connectivity index is -0.000000720. The maximum atomic E-state index is 3.77. The van der Waals surface area contributed by atoms with E-state index in [4.69, 9.17) is 0 Å². The molecule has 15 heavy (non-hydrogen) atoms. The second kappa shape index (κ2) is 11.2. The van der Waals surface area contributed by atoms with E-state index < -0.39 is 0 Å². The van der Waals surface area contributed by atoms with Crippen LogP contribution in [0.1, 0.15) is 0 Å². The van der Waals surface area contributed by atoms with E-state index >= 15 is 0 Å². The third kappa shape index (κ3) is 7.14. The van der Waals surface area contributed by atoms with Crippen LogP contribution in [0.25, 0.3) is 0 Å². The molecule has 0 rings (SSSR count). The van der Waals surface area contributed by atoms with E-state index in [9.17, 15) is 0 Å². The summed E-state index contributed by atoms with van der Waals surface area (Å²) < 4.78 is 0.903. The molecule has 0 amide bonds.